The van der Waals surface area contributed by atoms with E-state index in [1.165, 1.54) is 11.3 Å². The average molecular weight is 312 g/mol. The Kier molecular flexibility index (Phi) is 4.95. The van der Waals surface area contributed by atoms with Crippen molar-refractivity contribution in [2.45, 2.75) is 45.1 Å². The second-order valence-electron chi connectivity index (χ2n) is 5.29. The smallest absolute Gasteiger partial charge is 0.305 e. The van der Waals surface area contributed by atoms with Gasteiger partial charge < -0.3 is 15.2 Å². The maximum Gasteiger partial charge on any atom is 0.305 e. The van der Waals surface area contributed by atoms with Crippen LogP contribution in [0.15, 0.2) is 0 Å². The molecule has 1 aromatic rings. The molecule has 0 aromatic carbocycles. The van der Waals surface area contributed by atoms with Crippen molar-refractivity contribution in [2.75, 3.05) is 13.2 Å². The molecular weight excluding hydrogens is 292 g/mol. The third kappa shape index (κ3) is 3.79. The number of ether oxygens (including phenoxy) is 1. The fourth-order valence-corrected chi connectivity index (χ4v) is 3.41. The van der Waals surface area contributed by atoms with Gasteiger partial charge in [-0.25, -0.2) is 4.98 Å². The minimum absolute atomic E-state index is 0.0828. The topological polar surface area (TPSA) is 88.5 Å². The second kappa shape index (κ2) is 6.53. The van der Waals surface area contributed by atoms with E-state index in [9.17, 15) is 9.59 Å². The van der Waals surface area contributed by atoms with Crippen molar-refractivity contribution in [1.29, 1.82) is 0 Å². The third-order valence-electron chi connectivity index (χ3n) is 3.67. The molecule has 2 rings (SSSR count). The van der Waals surface area contributed by atoms with Crippen LogP contribution in [-0.2, 0) is 16.0 Å². The van der Waals surface area contributed by atoms with Crippen LogP contribution >= 0.6 is 11.3 Å². The molecule has 0 aliphatic carbocycles. The number of carbonyl (C=O) groups is 2. The first-order chi connectivity index (χ1) is 9.96. The third-order valence-corrected chi connectivity index (χ3v) is 4.97. The van der Waals surface area contributed by atoms with Crippen molar-refractivity contribution in [3.05, 3.63) is 15.6 Å². The number of nitrogens with one attached hydrogen (secondary N) is 1. The summed E-state index contributed by atoms with van der Waals surface area (Å²) in [5.41, 5.74) is -0.0175. The van der Waals surface area contributed by atoms with E-state index >= 15 is 0 Å². The molecule has 0 saturated carbocycles. The van der Waals surface area contributed by atoms with Gasteiger partial charge >= 0.3 is 5.97 Å². The molecule has 6 nitrogen and oxygen atoms in total. The predicted octanol–water partition coefficient (Wildman–Crippen LogP) is 1.77. The number of aliphatic carboxylic acids is 1. The van der Waals surface area contributed by atoms with Crippen molar-refractivity contribution < 1.29 is 19.4 Å². The minimum atomic E-state index is -0.910. The number of nitrogens with zero attached hydrogens (tertiary/aromatic N) is 1. The molecule has 1 amide bonds. The van der Waals surface area contributed by atoms with E-state index < -0.39 is 11.5 Å². The molecule has 21 heavy (non-hydrogen) atoms. The van der Waals surface area contributed by atoms with Gasteiger partial charge in [0.2, 0.25) is 0 Å². The Morgan fingerprint density at radius 2 is 2.10 bits per heavy atom. The van der Waals surface area contributed by atoms with E-state index in [0.29, 0.717) is 36.6 Å². The Bertz CT molecular complexity index is 535. The lowest BCUT2D eigenvalue weighted by molar-refractivity contribution is -0.139. The number of hydrogen-bond donors (Lipinski definition) is 2. The largest absolute Gasteiger partial charge is 0.481 e. The fraction of sp³-hybridized carbons (Fsp3) is 0.643. The van der Waals surface area contributed by atoms with Gasteiger partial charge in [-0.1, -0.05) is 6.92 Å². The summed E-state index contributed by atoms with van der Waals surface area (Å²) >= 11 is 1.37. The standard InChI is InChI=1S/C14H20N2O4S/c1-3-10-15-9(2)12(21-10)13(19)16-14(8-11(17)18)4-6-20-7-5-14/h3-8H2,1-2H3,(H,16,19)(H,17,18). The van der Waals surface area contributed by atoms with Crippen molar-refractivity contribution in [3.63, 3.8) is 0 Å². The monoisotopic (exact) mass is 312 g/mol. The second-order valence-corrected chi connectivity index (χ2v) is 6.38. The van der Waals surface area contributed by atoms with Gasteiger partial charge in [-0.3, -0.25) is 9.59 Å². The van der Waals surface area contributed by atoms with Gasteiger partial charge in [0, 0.05) is 13.2 Å². The number of rotatable bonds is 5. The quantitative estimate of drug-likeness (QED) is 0.865. The molecule has 1 aliphatic rings. The summed E-state index contributed by atoms with van der Waals surface area (Å²) < 4.78 is 5.28. The zero-order valence-corrected chi connectivity index (χ0v) is 13.1. The zero-order chi connectivity index (χ0) is 15.5. The van der Waals surface area contributed by atoms with Crippen molar-refractivity contribution in [1.82, 2.24) is 10.3 Å². The molecule has 7 heteroatoms. The lowest BCUT2D eigenvalue weighted by Gasteiger charge is -2.36. The van der Waals surface area contributed by atoms with Gasteiger partial charge in [0.25, 0.3) is 5.91 Å². The Labute approximate surface area is 127 Å². The van der Waals surface area contributed by atoms with Crippen molar-refractivity contribution in [2.24, 2.45) is 0 Å². The Morgan fingerprint density at radius 1 is 1.43 bits per heavy atom. The minimum Gasteiger partial charge on any atom is -0.481 e. The molecule has 1 saturated heterocycles. The van der Waals surface area contributed by atoms with Gasteiger partial charge in [-0.2, -0.15) is 0 Å². The van der Waals surface area contributed by atoms with Gasteiger partial charge in [0.05, 0.1) is 22.7 Å². The fourth-order valence-electron chi connectivity index (χ4n) is 2.51. The number of amides is 1. The van der Waals surface area contributed by atoms with Crippen LogP contribution in [0.3, 0.4) is 0 Å². The molecule has 2 heterocycles. The molecule has 0 atom stereocenters. The zero-order valence-electron chi connectivity index (χ0n) is 12.3. The molecule has 0 spiro atoms. The summed E-state index contributed by atoms with van der Waals surface area (Å²) in [5.74, 6) is -1.14. The number of carboxylic acids is 1. The number of carboxylic acid groups (broad SMARTS) is 1. The summed E-state index contributed by atoms with van der Waals surface area (Å²) in [6.45, 7) is 4.73. The molecule has 0 radical (unpaired) electrons. The summed E-state index contributed by atoms with van der Waals surface area (Å²) in [6.07, 6.45) is 1.74. The van der Waals surface area contributed by atoms with Crippen molar-refractivity contribution >= 4 is 23.2 Å². The van der Waals surface area contributed by atoms with Crippen LogP contribution in [-0.4, -0.2) is 40.7 Å². The summed E-state index contributed by atoms with van der Waals surface area (Å²) in [4.78, 5) is 28.5. The lowest BCUT2D eigenvalue weighted by Crippen LogP contribution is -2.53. The first kappa shape index (κ1) is 15.9. The summed E-state index contributed by atoms with van der Waals surface area (Å²) in [7, 11) is 0. The maximum atomic E-state index is 12.5. The average Bonchev–Trinajstić information content (AvgIpc) is 2.80. The van der Waals surface area contributed by atoms with Gasteiger partial charge in [-0.05, 0) is 26.2 Å². The van der Waals surface area contributed by atoms with Crippen LogP contribution < -0.4 is 5.32 Å². The van der Waals surface area contributed by atoms with E-state index in [1.54, 1.807) is 6.92 Å². The summed E-state index contributed by atoms with van der Waals surface area (Å²) in [6, 6.07) is 0. The van der Waals surface area contributed by atoms with Crippen LogP contribution in [0.5, 0.6) is 0 Å². The molecular formula is C14H20N2O4S. The first-order valence-electron chi connectivity index (χ1n) is 7.04. The molecule has 1 fully saturated rings. The van der Waals surface area contributed by atoms with Crippen LogP contribution in [0.2, 0.25) is 0 Å². The summed E-state index contributed by atoms with van der Waals surface area (Å²) in [5, 5.41) is 13.0. The Hall–Kier alpha value is -1.47. The van der Waals surface area contributed by atoms with E-state index in [4.69, 9.17) is 9.84 Å². The maximum absolute atomic E-state index is 12.5. The molecule has 0 unspecified atom stereocenters. The first-order valence-corrected chi connectivity index (χ1v) is 7.86. The highest BCUT2D eigenvalue weighted by Crippen LogP contribution is 2.27. The highest BCUT2D eigenvalue weighted by Gasteiger charge is 2.37. The van der Waals surface area contributed by atoms with Crippen LogP contribution in [0.4, 0.5) is 0 Å². The molecule has 1 aliphatic heterocycles. The molecule has 1 aromatic heterocycles. The molecule has 2 N–H and O–H groups in total. The lowest BCUT2D eigenvalue weighted by atomic mass is 9.86. The normalized spacial score (nSPS) is 17.4. The number of thiazole rings is 1. The van der Waals surface area contributed by atoms with Gasteiger partial charge in [-0.15, -0.1) is 11.3 Å². The van der Waals surface area contributed by atoms with E-state index in [-0.39, 0.29) is 12.3 Å². The number of carbonyl (C=O) groups excluding carboxylic acids is 1. The molecule has 0 bridgehead atoms. The van der Waals surface area contributed by atoms with Crippen LogP contribution in [0.1, 0.15) is 46.6 Å². The van der Waals surface area contributed by atoms with E-state index in [1.807, 2.05) is 6.92 Å². The van der Waals surface area contributed by atoms with Gasteiger partial charge in [0.1, 0.15) is 4.88 Å². The molecule has 116 valence electrons. The van der Waals surface area contributed by atoms with Crippen LogP contribution in [0, 0.1) is 6.92 Å². The van der Waals surface area contributed by atoms with Gasteiger partial charge in [0.15, 0.2) is 0 Å². The number of aryl methyl sites for hydroxylation is 2. The SMILES string of the molecule is CCc1nc(C)c(C(=O)NC2(CC(=O)O)CCOCC2)s1. The Morgan fingerprint density at radius 3 is 2.62 bits per heavy atom. The number of aromatic nitrogens is 1. The van der Waals surface area contributed by atoms with E-state index in [2.05, 4.69) is 10.3 Å². The number of hydrogen-bond acceptors (Lipinski definition) is 5. The Balaban J connectivity index is 2.17. The van der Waals surface area contributed by atoms with Crippen LogP contribution in [0.25, 0.3) is 0 Å². The highest BCUT2D eigenvalue weighted by atomic mass is 32.1. The van der Waals surface area contributed by atoms with Crippen molar-refractivity contribution in [3.8, 4) is 0 Å². The highest BCUT2D eigenvalue weighted by molar-refractivity contribution is 7.13. The van der Waals surface area contributed by atoms with E-state index in [0.717, 1.165) is 11.4 Å². The predicted molar refractivity (Wildman–Crippen MR) is 78.7 cm³/mol.